The number of halogens is 2. The van der Waals surface area contributed by atoms with Crippen molar-refractivity contribution in [2.45, 2.75) is 103 Å². The molecule has 404 valence electrons. The molecule has 4 aliphatic rings. The molecule has 2 fully saturated rings. The summed E-state index contributed by atoms with van der Waals surface area (Å²) in [5.41, 5.74) is 11.1. The van der Waals surface area contributed by atoms with Gasteiger partial charge in [0.2, 0.25) is 17.6 Å². The maximum absolute atomic E-state index is 14.4. The number of rotatable bonds is 16. The molecule has 78 heavy (non-hydrogen) atoms. The molecule has 12 nitrogen and oxygen atoms in total. The number of methoxy groups -OCH3 is 4. The predicted molar refractivity (Wildman–Crippen MR) is 300 cm³/mol. The summed E-state index contributed by atoms with van der Waals surface area (Å²) in [7, 11) is 5.56. The van der Waals surface area contributed by atoms with Crippen LogP contribution in [0.25, 0.3) is 22.8 Å². The number of amides is 2. The van der Waals surface area contributed by atoms with E-state index in [0.717, 1.165) is 79.7 Å². The second-order valence-electron chi connectivity index (χ2n) is 21.2. The molecule has 6 aromatic rings. The lowest BCUT2D eigenvalue weighted by atomic mass is 9.76. The Hall–Kier alpha value is -7.75. The zero-order valence-corrected chi connectivity index (χ0v) is 45.9. The highest BCUT2D eigenvalue weighted by molar-refractivity contribution is 6.64. The fourth-order valence-electron chi connectivity index (χ4n) is 11.0. The van der Waals surface area contributed by atoms with Crippen LogP contribution in [0.4, 0.5) is 8.78 Å². The minimum absolute atomic E-state index is 0.0102. The Kier molecular flexibility index (Phi) is 15.7. The largest absolute Gasteiger partial charge is 0.502 e. The molecule has 3 N–H and O–H groups in total. The average molecular weight is 1060 g/mol. The van der Waals surface area contributed by atoms with Crippen molar-refractivity contribution < 1.29 is 51.7 Å². The number of allylic oxidation sites excluding steroid dienone is 3. The lowest BCUT2D eigenvalue weighted by molar-refractivity contribution is -0.121. The second-order valence-corrected chi connectivity index (χ2v) is 21.2. The fraction of sp³-hybridized carbons (Fsp3) is 0.317. The van der Waals surface area contributed by atoms with Crippen molar-refractivity contribution in [2.24, 2.45) is 0 Å². The van der Waals surface area contributed by atoms with E-state index in [1.165, 1.54) is 32.4 Å². The third-order valence-electron chi connectivity index (χ3n) is 16.0. The summed E-state index contributed by atoms with van der Waals surface area (Å²) >= 11 is 0. The lowest BCUT2D eigenvalue weighted by Gasteiger charge is -2.32. The average Bonchev–Trinajstić information content (AvgIpc) is 4.30. The van der Waals surface area contributed by atoms with E-state index < -0.39 is 18.3 Å². The van der Waals surface area contributed by atoms with Crippen molar-refractivity contribution in [3.8, 4) is 28.7 Å². The van der Waals surface area contributed by atoms with Gasteiger partial charge in [-0.3, -0.25) is 14.6 Å². The van der Waals surface area contributed by atoms with Crippen molar-refractivity contribution >= 4 is 47.2 Å². The van der Waals surface area contributed by atoms with Gasteiger partial charge in [-0.2, -0.15) is 0 Å². The Morgan fingerprint density at radius 1 is 0.692 bits per heavy atom. The van der Waals surface area contributed by atoms with Crippen molar-refractivity contribution in [3.05, 3.63) is 183 Å². The normalized spacial score (nSPS) is 17.7. The Balaban J connectivity index is 0.000000192. The third-order valence-corrected chi connectivity index (χ3v) is 16.0. The van der Waals surface area contributed by atoms with Gasteiger partial charge in [-0.15, -0.1) is 0 Å². The quantitative estimate of drug-likeness (QED) is 0.0801. The Morgan fingerprint density at radius 3 is 1.81 bits per heavy atom. The second kappa shape index (κ2) is 22.3. The Morgan fingerprint density at radius 2 is 1.24 bits per heavy atom. The summed E-state index contributed by atoms with van der Waals surface area (Å²) in [6, 6.07) is 30.6. The van der Waals surface area contributed by atoms with E-state index in [0.29, 0.717) is 47.1 Å². The van der Waals surface area contributed by atoms with E-state index >= 15 is 0 Å². The Bertz CT molecular complexity index is 3310. The van der Waals surface area contributed by atoms with E-state index in [1.54, 1.807) is 38.7 Å². The highest BCUT2D eigenvalue weighted by Gasteiger charge is 2.55. The first-order valence-corrected chi connectivity index (χ1v) is 26.1. The Labute approximate surface area is 455 Å². The molecule has 15 heteroatoms. The molecule has 2 heterocycles. The molecule has 1 saturated carbocycles. The molecule has 0 spiro atoms. The summed E-state index contributed by atoms with van der Waals surface area (Å²) in [5, 5.41) is 16.4. The zero-order valence-electron chi connectivity index (χ0n) is 45.9. The maximum atomic E-state index is 14.4. The molecule has 10 rings (SSSR count). The van der Waals surface area contributed by atoms with Crippen LogP contribution in [-0.2, 0) is 37.4 Å². The molecule has 2 amide bonds. The van der Waals surface area contributed by atoms with Crippen molar-refractivity contribution in [1.82, 2.24) is 15.6 Å². The summed E-state index contributed by atoms with van der Waals surface area (Å²) in [5.74, 6) is 0.878. The number of benzene rings is 5. The SMILES string of the molecule is COc1cc(/C=C2/C(C)=C(CC(=O)NCc3cccnc3)c3cc(F)ccc32)cc(OC)c1B1OC(C)(C)C(C)(C)O1.COc1cc(C2(C3C(C)=C(CC(=O)NCc4ccccc4)c4cc(F)ccc43)CC2)cc(OC)c1O. The molecular weight excluding hydrogens is 992 g/mol. The number of aromatic hydroxyl groups is 1. The number of carbonyl (C=O) groups excluding carboxylic acids is 2. The molecule has 3 aliphatic carbocycles. The first-order chi connectivity index (χ1) is 37.3. The van der Waals surface area contributed by atoms with E-state index in [-0.39, 0.29) is 53.4 Å². The molecule has 1 saturated heterocycles. The van der Waals surface area contributed by atoms with E-state index in [2.05, 4.69) is 22.5 Å². The van der Waals surface area contributed by atoms with Crippen LogP contribution in [0.15, 0.2) is 127 Å². The van der Waals surface area contributed by atoms with Crippen molar-refractivity contribution in [1.29, 1.82) is 0 Å². The molecule has 1 atom stereocenters. The number of hydrogen-bond donors (Lipinski definition) is 3. The van der Waals surface area contributed by atoms with Crippen LogP contribution in [0.3, 0.4) is 0 Å². The molecule has 1 aliphatic heterocycles. The topological polar surface area (TPSA) is 147 Å². The van der Waals surface area contributed by atoms with Gasteiger partial charge in [-0.25, -0.2) is 8.78 Å². The van der Waals surface area contributed by atoms with Crippen LogP contribution in [0.1, 0.15) is 118 Å². The van der Waals surface area contributed by atoms with Crippen LogP contribution in [0.2, 0.25) is 0 Å². The number of hydrogen-bond acceptors (Lipinski definition) is 10. The van der Waals surface area contributed by atoms with Crippen molar-refractivity contribution in [2.75, 3.05) is 28.4 Å². The summed E-state index contributed by atoms with van der Waals surface area (Å²) in [4.78, 5) is 30.0. The number of fused-ring (bicyclic) bond motifs is 2. The number of phenolic OH excluding ortho intramolecular Hbond substituents is 1. The minimum atomic E-state index is -0.671. The molecule has 0 bridgehead atoms. The highest BCUT2D eigenvalue weighted by Crippen LogP contribution is 2.65. The van der Waals surface area contributed by atoms with Gasteiger partial charge >= 0.3 is 7.12 Å². The van der Waals surface area contributed by atoms with Gasteiger partial charge in [0.25, 0.3) is 0 Å². The van der Waals surface area contributed by atoms with Gasteiger partial charge in [0.1, 0.15) is 23.1 Å². The van der Waals surface area contributed by atoms with Gasteiger partial charge in [0, 0.05) is 36.8 Å². The first kappa shape index (κ1) is 55.0. The lowest BCUT2D eigenvalue weighted by Crippen LogP contribution is -2.41. The van der Waals surface area contributed by atoms with Gasteiger partial charge in [0.15, 0.2) is 11.5 Å². The molecule has 5 aromatic carbocycles. The standard InChI is InChI=1S/C33H36BFN2O5.C30H30FNO4/c1-20-25(13-22-14-28(39-6)31(29(15-22)40-7)34-41-32(2,3)33(4,5)42-34)24-11-10-23(35)16-27(24)26(20)17-30(38)37-19-21-9-8-12-36-18-21;1-18-23(16-27(33)32-17-19-7-5-4-6-8-19)24-15-21(31)9-10-22(24)28(18)30(11-12-30)20-13-25(35-2)29(34)26(14-20)36-3/h8-16,18H,17,19H2,1-7H3,(H,37,38);4-10,13-15,28,34H,11-12,16-17H2,1-3H3,(H,32,33)/b25-13-;. The highest BCUT2D eigenvalue weighted by atomic mass is 19.1. The van der Waals surface area contributed by atoms with E-state index in [9.17, 15) is 23.5 Å². The van der Waals surface area contributed by atoms with E-state index in [4.69, 9.17) is 28.3 Å². The van der Waals surface area contributed by atoms with Crippen LogP contribution in [0, 0.1) is 11.6 Å². The smallest absolute Gasteiger partial charge is 0.502 e. The van der Waals surface area contributed by atoms with E-state index in [1.807, 2.05) is 113 Å². The minimum Gasteiger partial charge on any atom is -0.502 e. The molecule has 1 aromatic heterocycles. The molecule has 0 radical (unpaired) electrons. The number of ether oxygens (including phenoxy) is 4. The molecule has 1 unspecified atom stereocenters. The van der Waals surface area contributed by atoms with Crippen LogP contribution < -0.4 is 35.0 Å². The van der Waals surface area contributed by atoms with Crippen LogP contribution >= 0.6 is 0 Å². The number of aromatic nitrogens is 1. The summed E-state index contributed by atoms with van der Waals surface area (Å²) in [6.07, 6.45) is 7.57. The number of pyridine rings is 1. The number of carbonyl (C=O) groups is 2. The monoisotopic (exact) mass is 1060 g/mol. The first-order valence-electron chi connectivity index (χ1n) is 26.1. The molecular formula is C63H66BF2N3O9. The number of nitrogens with zero attached hydrogens (tertiary/aromatic N) is 1. The maximum Gasteiger partial charge on any atom is 0.502 e. The number of nitrogens with one attached hydrogen (secondary N) is 2. The number of phenols is 1. The fourth-order valence-corrected chi connectivity index (χ4v) is 11.0. The third kappa shape index (κ3) is 10.9. The van der Waals surface area contributed by atoms with Gasteiger partial charge in [-0.1, -0.05) is 54.1 Å². The van der Waals surface area contributed by atoms with Crippen LogP contribution in [0.5, 0.6) is 28.7 Å². The van der Waals surface area contributed by atoms with Crippen LogP contribution in [-0.4, -0.2) is 68.7 Å². The predicted octanol–water partition coefficient (Wildman–Crippen LogP) is 11.4. The zero-order chi connectivity index (χ0) is 55.7. The summed E-state index contributed by atoms with van der Waals surface area (Å²) in [6.45, 7) is 12.8. The van der Waals surface area contributed by atoms with Gasteiger partial charge in [0.05, 0.1) is 57.9 Å². The van der Waals surface area contributed by atoms with Gasteiger partial charge in [-0.05, 0) is 182 Å². The van der Waals surface area contributed by atoms with Gasteiger partial charge < -0.3 is 44.0 Å². The van der Waals surface area contributed by atoms with Crippen molar-refractivity contribution in [3.63, 3.8) is 0 Å². The summed E-state index contributed by atoms with van der Waals surface area (Å²) < 4.78 is 63.8.